The van der Waals surface area contributed by atoms with Crippen molar-refractivity contribution < 1.29 is 14.3 Å². The zero-order valence-corrected chi connectivity index (χ0v) is 16.8. The van der Waals surface area contributed by atoms with Gasteiger partial charge >= 0.3 is 0 Å². The van der Waals surface area contributed by atoms with Gasteiger partial charge in [0.1, 0.15) is 12.4 Å². The minimum absolute atomic E-state index is 0.167. The molecule has 2 amide bonds. The second kappa shape index (κ2) is 10.8. The second-order valence-electron chi connectivity index (χ2n) is 6.29. The van der Waals surface area contributed by atoms with E-state index >= 15 is 0 Å². The van der Waals surface area contributed by atoms with Crippen LogP contribution in [0.25, 0.3) is 0 Å². The van der Waals surface area contributed by atoms with Crippen molar-refractivity contribution in [3.63, 3.8) is 0 Å². The number of benzene rings is 3. The SMILES string of the molecule is O=C(CNC(=O)c1ccccc1)NN=Cc1ccc(OCc2ccccc2Cl)cc1. The highest BCUT2D eigenvalue weighted by Crippen LogP contribution is 2.18. The fourth-order valence-electron chi connectivity index (χ4n) is 2.50. The number of amides is 2. The second-order valence-corrected chi connectivity index (χ2v) is 6.70. The summed E-state index contributed by atoms with van der Waals surface area (Å²) >= 11 is 6.11. The summed E-state index contributed by atoms with van der Waals surface area (Å²) in [5.41, 5.74) is 4.56. The van der Waals surface area contributed by atoms with E-state index in [4.69, 9.17) is 16.3 Å². The average Bonchev–Trinajstić information content (AvgIpc) is 2.78. The van der Waals surface area contributed by atoms with Crippen molar-refractivity contribution in [2.24, 2.45) is 5.10 Å². The molecule has 3 aromatic carbocycles. The number of hydrogen-bond donors (Lipinski definition) is 2. The Morgan fingerprint density at radius 1 is 0.933 bits per heavy atom. The highest BCUT2D eigenvalue weighted by molar-refractivity contribution is 6.31. The molecule has 0 aromatic heterocycles. The monoisotopic (exact) mass is 421 g/mol. The maximum Gasteiger partial charge on any atom is 0.259 e. The number of carbonyl (C=O) groups is 2. The van der Waals surface area contributed by atoms with Gasteiger partial charge < -0.3 is 10.1 Å². The molecule has 0 spiro atoms. The number of nitrogens with zero attached hydrogens (tertiary/aromatic N) is 1. The highest BCUT2D eigenvalue weighted by Gasteiger charge is 2.06. The Labute approximate surface area is 179 Å². The van der Waals surface area contributed by atoms with Crippen molar-refractivity contribution in [1.29, 1.82) is 0 Å². The molecule has 2 N–H and O–H groups in total. The van der Waals surface area contributed by atoms with E-state index in [0.717, 1.165) is 11.1 Å². The van der Waals surface area contributed by atoms with Crippen molar-refractivity contribution in [2.75, 3.05) is 6.54 Å². The molecular formula is C23H20ClN3O3. The van der Waals surface area contributed by atoms with Gasteiger partial charge in [-0.1, -0.05) is 48.0 Å². The van der Waals surface area contributed by atoms with Crippen LogP contribution in [0.15, 0.2) is 84.0 Å². The van der Waals surface area contributed by atoms with Gasteiger partial charge in [0.25, 0.3) is 11.8 Å². The third-order valence-electron chi connectivity index (χ3n) is 4.08. The number of nitrogens with one attached hydrogen (secondary N) is 2. The number of hydrazone groups is 1. The third-order valence-corrected chi connectivity index (χ3v) is 4.45. The van der Waals surface area contributed by atoms with Gasteiger partial charge in [-0.2, -0.15) is 5.10 Å². The lowest BCUT2D eigenvalue weighted by molar-refractivity contribution is -0.120. The average molecular weight is 422 g/mol. The Kier molecular flexibility index (Phi) is 7.58. The Hall–Kier alpha value is -3.64. The third kappa shape index (κ3) is 6.46. The van der Waals surface area contributed by atoms with E-state index in [-0.39, 0.29) is 12.5 Å². The molecule has 152 valence electrons. The van der Waals surface area contributed by atoms with Crippen molar-refractivity contribution in [2.45, 2.75) is 6.61 Å². The largest absolute Gasteiger partial charge is 0.489 e. The van der Waals surface area contributed by atoms with Gasteiger partial charge in [0.2, 0.25) is 0 Å². The summed E-state index contributed by atoms with van der Waals surface area (Å²) in [6.07, 6.45) is 1.51. The zero-order chi connectivity index (χ0) is 21.2. The Morgan fingerprint density at radius 2 is 1.63 bits per heavy atom. The predicted molar refractivity (Wildman–Crippen MR) is 117 cm³/mol. The molecule has 0 aliphatic carbocycles. The molecule has 0 heterocycles. The van der Waals surface area contributed by atoms with Crippen LogP contribution >= 0.6 is 11.6 Å². The van der Waals surface area contributed by atoms with Crippen LogP contribution in [0.5, 0.6) is 5.75 Å². The van der Waals surface area contributed by atoms with Crippen LogP contribution in [-0.2, 0) is 11.4 Å². The number of ether oxygens (including phenoxy) is 1. The molecule has 30 heavy (non-hydrogen) atoms. The first-order chi connectivity index (χ1) is 14.6. The van der Waals surface area contributed by atoms with Crippen molar-refractivity contribution in [3.05, 3.63) is 101 Å². The molecule has 0 radical (unpaired) electrons. The lowest BCUT2D eigenvalue weighted by Crippen LogP contribution is -2.34. The number of carbonyl (C=O) groups excluding carboxylic acids is 2. The van der Waals surface area contributed by atoms with E-state index < -0.39 is 5.91 Å². The molecule has 6 nitrogen and oxygen atoms in total. The normalized spacial score (nSPS) is 10.6. The molecule has 0 aliphatic rings. The first-order valence-corrected chi connectivity index (χ1v) is 9.61. The van der Waals surface area contributed by atoms with Gasteiger partial charge in [0.05, 0.1) is 12.8 Å². The Bertz CT molecular complexity index is 1020. The van der Waals surface area contributed by atoms with Crippen LogP contribution in [0.3, 0.4) is 0 Å². The summed E-state index contributed by atoms with van der Waals surface area (Å²) in [6, 6.07) is 23.4. The van der Waals surface area contributed by atoms with Gasteiger partial charge in [0.15, 0.2) is 0 Å². The van der Waals surface area contributed by atoms with Crippen molar-refractivity contribution in [3.8, 4) is 5.75 Å². The lowest BCUT2D eigenvalue weighted by atomic mass is 10.2. The number of rotatable bonds is 8. The first-order valence-electron chi connectivity index (χ1n) is 9.23. The summed E-state index contributed by atoms with van der Waals surface area (Å²) < 4.78 is 5.72. The number of hydrogen-bond acceptors (Lipinski definition) is 4. The van der Waals surface area contributed by atoms with Gasteiger partial charge in [0, 0.05) is 16.1 Å². The van der Waals surface area contributed by atoms with E-state index in [1.807, 2.05) is 42.5 Å². The first kappa shape index (κ1) is 21.1. The molecule has 0 atom stereocenters. The van der Waals surface area contributed by atoms with E-state index in [1.54, 1.807) is 36.4 Å². The van der Waals surface area contributed by atoms with Gasteiger partial charge in [-0.3, -0.25) is 9.59 Å². The fraction of sp³-hybridized carbons (Fsp3) is 0.0870. The lowest BCUT2D eigenvalue weighted by Gasteiger charge is -2.07. The van der Waals surface area contributed by atoms with Crippen LogP contribution in [0.1, 0.15) is 21.5 Å². The van der Waals surface area contributed by atoms with Gasteiger partial charge in [-0.05, 0) is 48.0 Å². The van der Waals surface area contributed by atoms with Crippen LogP contribution in [-0.4, -0.2) is 24.6 Å². The molecule has 3 aromatic rings. The number of halogens is 1. The van der Waals surface area contributed by atoms with Crippen LogP contribution < -0.4 is 15.5 Å². The Balaban J connectivity index is 1.42. The quantitative estimate of drug-likeness (QED) is 0.429. The van der Waals surface area contributed by atoms with Crippen molar-refractivity contribution in [1.82, 2.24) is 10.7 Å². The molecule has 7 heteroatoms. The standard InChI is InChI=1S/C23H20ClN3O3/c24-21-9-5-4-8-19(21)16-30-20-12-10-17(11-13-20)14-26-27-22(28)15-25-23(29)18-6-2-1-3-7-18/h1-14H,15-16H2,(H,25,29)(H,27,28). The maximum atomic E-state index is 11.9. The minimum atomic E-state index is -0.421. The van der Waals surface area contributed by atoms with E-state index in [9.17, 15) is 9.59 Å². The fourth-order valence-corrected chi connectivity index (χ4v) is 2.69. The van der Waals surface area contributed by atoms with E-state index in [2.05, 4.69) is 15.8 Å². The summed E-state index contributed by atoms with van der Waals surface area (Å²) in [4.78, 5) is 23.7. The van der Waals surface area contributed by atoms with E-state index in [0.29, 0.717) is 22.9 Å². The van der Waals surface area contributed by atoms with Crippen LogP contribution in [0.4, 0.5) is 0 Å². The summed E-state index contributed by atoms with van der Waals surface area (Å²) in [6.45, 7) is 0.206. The van der Waals surface area contributed by atoms with Crippen LogP contribution in [0.2, 0.25) is 5.02 Å². The molecular weight excluding hydrogens is 402 g/mol. The minimum Gasteiger partial charge on any atom is -0.489 e. The van der Waals surface area contributed by atoms with Gasteiger partial charge in [-0.25, -0.2) is 5.43 Å². The van der Waals surface area contributed by atoms with Gasteiger partial charge in [-0.15, -0.1) is 0 Å². The molecule has 0 saturated heterocycles. The van der Waals surface area contributed by atoms with E-state index in [1.165, 1.54) is 6.21 Å². The molecule has 0 saturated carbocycles. The zero-order valence-electron chi connectivity index (χ0n) is 16.0. The predicted octanol–water partition coefficient (Wildman–Crippen LogP) is 3.80. The molecule has 0 bridgehead atoms. The molecule has 3 rings (SSSR count). The Morgan fingerprint density at radius 3 is 2.37 bits per heavy atom. The van der Waals surface area contributed by atoms with Crippen molar-refractivity contribution >= 4 is 29.6 Å². The van der Waals surface area contributed by atoms with Crippen LogP contribution in [0, 0.1) is 0 Å². The summed E-state index contributed by atoms with van der Waals surface area (Å²) in [5, 5.41) is 7.09. The summed E-state index contributed by atoms with van der Waals surface area (Å²) in [7, 11) is 0. The highest BCUT2D eigenvalue weighted by atomic mass is 35.5. The maximum absolute atomic E-state index is 11.9. The topological polar surface area (TPSA) is 79.8 Å². The smallest absolute Gasteiger partial charge is 0.259 e. The molecule has 0 aliphatic heterocycles. The molecule has 0 fully saturated rings. The molecule has 0 unspecified atom stereocenters. The summed E-state index contributed by atoms with van der Waals surface area (Å²) in [5.74, 6) is -0.0444.